The Hall–Kier alpha value is -3.48. The Morgan fingerprint density at radius 3 is 2.32 bits per heavy atom. The third-order valence-electron chi connectivity index (χ3n) is 4.65. The summed E-state index contributed by atoms with van der Waals surface area (Å²) >= 11 is 0. The average molecular weight is 377 g/mol. The Morgan fingerprint density at radius 2 is 1.64 bits per heavy atom. The fraction of sp³-hybridized carbons (Fsp3) is 0.190. The van der Waals surface area contributed by atoms with Gasteiger partial charge in [0.05, 0.1) is 5.69 Å². The minimum Gasteiger partial charge on any atom is -0.342 e. The molecule has 7 heteroatoms. The second-order valence-corrected chi connectivity index (χ2v) is 6.56. The van der Waals surface area contributed by atoms with Crippen LogP contribution >= 0.6 is 0 Å². The second kappa shape index (κ2) is 8.04. The number of amides is 1. The first-order valence-electron chi connectivity index (χ1n) is 9.13. The summed E-state index contributed by atoms with van der Waals surface area (Å²) in [5.74, 6) is 0.955. The van der Waals surface area contributed by atoms with E-state index in [1.807, 2.05) is 36.4 Å². The summed E-state index contributed by atoms with van der Waals surface area (Å²) < 4.78 is 13.2. The van der Waals surface area contributed by atoms with Crippen LogP contribution in [0.2, 0.25) is 0 Å². The summed E-state index contributed by atoms with van der Waals surface area (Å²) in [7, 11) is 0. The number of carbonyl (C=O) groups excluding carboxylic acids is 1. The zero-order valence-corrected chi connectivity index (χ0v) is 15.3. The zero-order chi connectivity index (χ0) is 19.3. The highest BCUT2D eigenvalue weighted by molar-refractivity contribution is 5.67. The molecule has 1 aliphatic heterocycles. The summed E-state index contributed by atoms with van der Waals surface area (Å²) in [5.41, 5.74) is 2.53. The molecule has 2 heterocycles. The SMILES string of the molecule is O=CN1CCN(c2nc(Nc3ccc(F)cc3)cc(-c3ccccc3)n2)CC1. The zero-order valence-electron chi connectivity index (χ0n) is 15.3. The molecule has 0 saturated carbocycles. The Kier molecular flexibility index (Phi) is 5.14. The molecule has 4 rings (SSSR count). The number of carbonyl (C=O) groups is 1. The number of hydrogen-bond donors (Lipinski definition) is 1. The number of nitrogens with zero attached hydrogens (tertiary/aromatic N) is 4. The first kappa shape index (κ1) is 17.9. The lowest BCUT2D eigenvalue weighted by Crippen LogP contribution is -2.46. The van der Waals surface area contributed by atoms with Crippen LogP contribution in [0.4, 0.5) is 21.8 Å². The lowest BCUT2D eigenvalue weighted by Gasteiger charge is -2.32. The van der Waals surface area contributed by atoms with Crippen molar-refractivity contribution >= 4 is 23.9 Å². The monoisotopic (exact) mass is 377 g/mol. The van der Waals surface area contributed by atoms with Crippen LogP contribution in [0.1, 0.15) is 0 Å². The van der Waals surface area contributed by atoms with Crippen LogP contribution in [0.5, 0.6) is 0 Å². The Balaban J connectivity index is 1.67. The van der Waals surface area contributed by atoms with E-state index >= 15 is 0 Å². The number of nitrogens with one attached hydrogen (secondary N) is 1. The van der Waals surface area contributed by atoms with Gasteiger partial charge in [0.25, 0.3) is 0 Å². The number of aromatic nitrogens is 2. The molecule has 0 bridgehead atoms. The van der Waals surface area contributed by atoms with E-state index in [4.69, 9.17) is 4.98 Å². The normalized spacial score (nSPS) is 14.0. The molecule has 0 aliphatic carbocycles. The Morgan fingerprint density at radius 1 is 0.929 bits per heavy atom. The van der Waals surface area contributed by atoms with Gasteiger partial charge in [-0.25, -0.2) is 9.37 Å². The highest BCUT2D eigenvalue weighted by Gasteiger charge is 2.19. The van der Waals surface area contributed by atoms with Gasteiger partial charge in [-0.1, -0.05) is 30.3 Å². The van der Waals surface area contributed by atoms with Crippen LogP contribution in [0.3, 0.4) is 0 Å². The second-order valence-electron chi connectivity index (χ2n) is 6.56. The maximum Gasteiger partial charge on any atom is 0.228 e. The number of hydrogen-bond acceptors (Lipinski definition) is 5. The average Bonchev–Trinajstić information content (AvgIpc) is 2.76. The summed E-state index contributed by atoms with van der Waals surface area (Å²) in [6, 6.07) is 17.9. The van der Waals surface area contributed by atoms with E-state index in [0.29, 0.717) is 37.9 Å². The van der Waals surface area contributed by atoms with Crippen molar-refractivity contribution in [2.45, 2.75) is 0 Å². The van der Waals surface area contributed by atoms with Crippen LogP contribution in [0.25, 0.3) is 11.3 Å². The molecule has 1 N–H and O–H groups in total. The highest BCUT2D eigenvalue weighted by atomic mass is 19.1. The van der Waals surface area contributed by atoms with Crippen molar-refractivity contribution in [3.8, 4) is 11.3 Å². The van der Waals surface area contributed by atoms with E-state index in [1.165, 1.54) is 12.1 Å². The van der Waals surface area contributed by atoms with Crippen molar-refractivity contribution in [1.82, 2.24) is 14.9 Å². The third-order valence-corrected chi connectivity index (χ3v) is 4.65. The van der Waals surface area contributed by atoms with Crippen LogP contribution < -0.4 is 10.2 Å². The van der Waals surface area contributed by atoms with E-state index in [0.717, 1.165) is 23.4 Å². The lowest BCUT2D eigenvalue weighted by atomic mass is 10.1. The minimum absolute atomic E-state index is 0.285. The molecule has 1 fully saturated rings. The van der Waals surface area contributed by atoms with E-state index in [9.17, 15) is 9.18 Å². The van der Waals surface area contributed by atoms with Crippen molar-refractivity contribution in [1.29, 1.82) is 0 Å². The molecule has 1 aromatic heterocycles. The van der Waals surface area contributed by atoms with Crippen LogP contribution in [-0.4, -0.2) is 47.5 Å². The first-order valence-corrected chi connectivity index (χ1v) is 9.13. The highest BCUT2D eigenvalue weighted by Crippen LogP contribution is 2.25. The van der Waals surface area contributed by atoms with Gasteiger partial charge in [-0.05, 0) is 24.3 Å². The number of benzene rings is 2. The number of halogens is 1. The van der Waals surface area contributed by atoms with Crippen LogP contribution in [0.15, 0.2) is 60.7 Å². The number of rotatable bonds is 5. The number of piperazine rings is 1. The Labute approximate surface area is 162 Å². The number of anilines is 3. The van der Waals surface area contributed by atoms with Crippen LogP contribution in [0, 0.1) is 5.82 Å². The van der Waals surface area contributed by atoms with Gasteiger partial charge >= 0.3 is 0 Å². The van der Waals surface area contributed by atoms with Crippen LogP contribution in [-0.2, 0) is 4.79 Å². The van der Waals surface area contributed by atoms with Crippen molar-refractivity contribution < 1.29 is 9.18 Å². The fourth-order valence-corrected chi connectivity index (χ4v) is 3.11. The van der Waals surface area contributed by atoms with Crippen molar-refractivity contribution in [2.24, 2.45) is 0 Å². The predicted molar refractivity (Wildman–Crippen MR) is 107 cm³/mol. The summed E-state index contributed by atoms with van der Waals surface area (Å²) in [5, 5.41) is 3.23. The predicted octanol–water partition coefficient (Wildman–Crippen LogP) is 3.30. The largest absolute Gasteiger partial charge is 0.342 e. The van der Waals surface area contributed by atoms with Gasteiger partial charge in [0.15, 0.2) is 0 Å². The van der Waals surface area contributed by atoms with Crippen molar-refractivity contribution in [3.05, 3.63) is 66.5 Å². The molecule has 3 aromatic rings. The molecule has 2 aromatic carbocycles. The molecular formula is C21H20FN5O. The van der Waals surface area contributed by atoms with Gasteiger partial charge in [0, 0.05) is 43.5 Å². The standard InChI is InChI=1S/C21H20FN5O/c22-17-6-8-18(9-7-17)23-20-14-19(16-4-2-1-3-5-16)24-21(25-20)27-12-10-26(15-28)11-13-27/h1-9,14-15H,10-13H2,(H,23,24,25). The summed E-state index contributed by atoms with van der Waals surface area (Å²) in [4.78, 5) is 24.2. The molecule has 6 nitrogen and oxygen atoms in total. The molecule has 0 atom stereocenters. The molecule has 0 radical (unpaired) electrons. The van der Waals surface area contributed by atoms with Crippen molar-refractivity contribution in [3.63, 3.8) is 0 Å². The smallest absolute Gasteiger partial charge is 0.228 e. The lowest BCUT2D eigenvalue weighted by molar-refractivity contribution is -0.118. The molecule has 0 spiro atoms. The molecule has 1 aliphatic rings. The van der Waals surface area contributed by atoms with Crippen molar-refractivity contribution in [2.75, 3.05) is 36.4 Å². The molecule has 1 amide bonds. The fourth-order valence-electron chi connectivity index (χ4n) is 3.11. The van der Waals surface area contributed by atoms with Gasteiger partial charge in [-0.2, -0.15) is 4.98 Å². The quantitative estimate of drug-likeness (QED) is 0.692. The maximum atomic E-state index is 13.2. The maximum absolute atomic E-state index is 13.2. The van der Waals surface area contributed by atoms with E-state index in [-0.39, 0.29) is 5.82 Å². The van der Waals surface area contributed by atoms with E-state index in [2.05, 4.69) is 15.2 Å². The molecule has 28 heavy (non-hydrogen) atoms. The van der Waals surface area contributed by atoms with Gasteiger partial charge in [-0.3, -0.25) is 4.79 Å². The third kappa shape index (κ3) is 4.09. The van der Waals surface area contributed by atoms with Gasteiger partial charge in [-0.15, -0.1) is 0 Å². The van der Waals surface area contributed by atoms with E-state index < -0.39 is 0 Å². The molecule has 0 unspecified atom stereocenters. The van der Waals surface area contributed by atoms with Gasteiger partial charge < -0.3 is 15.1 Å². The first-order chi connectivity index (χ1) is 13.7. The summed E-state index contributed by atoms with van der Waals surface area (Å²) in [6.07, 6.45) is 0.875. The Bertz CT molecular complexity index is 941. The minimum atomic E-state index is -0.285. The van der Waals surface area contributed by atoms with Gasteiger partial charge in [0.2, 0.25) is 12.4 Å². The molecule has 142 valence electrons. The molecule has 1 saturated heterocycles. The van der Waals surface area contributed by atoms with Gasteiger partial charge in [0.1, 0.15) is 11.6 Å². The summed E-state index contributed by atoms with van der Waals surface area (Å²) in [6.45, 7) is 2.63. The topological polar surface area (TPSA) is 61.4 Å². The molecular weight excluding hydrogens is 357 g/mol. The van der Waals surface area contributed by atoms with E-state index in [1.54, 1.807) is 17.0 Å².